The van der Waals surface area contributed by atoms with Gasteiger partial charge in [-0.05, 0) is 38.0 Å². The minimum atomic E-state index is -2.03. The number of carbonyl (C=O) groups excluding carboxylic acids is 3. The van der Waals surface area contributed by atoms with Crippen molar-refractivity contribution in [1.82, 2.24) is 14.9 Å². The SMILES string of the molecule is CO[C@H]1/C=C/O[C@@]2(C)Oc3c(C)c(O)c4c(=O)c(c5oc6cc(N7CCN(CC(C)C)CC7)cc(=O)c6nc5c4c3=C2O)NC(=O)/C(C)=C\C=C\[C@H](C)[C@H](O)[C@@H](C)[C@@H](OC(=O)c2ccncc2)[C@@H](C)[C@H](OC(C)=O)[C@@H]1C. The van der Waals surface area contributed by atoms with Crippen molar-refractivity contribution in [2.24, 2.45) is 29.6 Å². The quantitative estimate of drug-likeness (QED) is 0.0762. The van der Waals surface area contributed by atoms with Crippen LogP contribution in [0.4, 0.5) is 11.4 Å². The summed E-state index contributed by atoms with van der Waals surface area (Å²) >= 11 is 0. The van der Waals surface area contributed by atoms with Crippen LogP contribution >= 0.6 is 0 Å². The first-order chi connectivity index (χ1) is 36.0. The number of esters is 2. The van der Waals surface area contributed by atoms with E-state index in [0.29, 0.717) is 24.7 Å². The fourth-order valence-corrected chi connectivity index (χ4v) is 10.6. The molecule has 9 atom stereocenters. The van der Waals surface area contributed by atoms with Crippen LogP contribution in [-0.4, -0.2) is 118 Å². The molecule has 2 aromatic heterocycles. The predicted octanol–water partition coefficient (Wildman–Crippen LogP) is 6.60. The fourth-order valence-electron chi connectivity index (χ4n) is 10.6. The number of allylic oxidation sites excluding steroid dienone is 2. The summed E-state index contributed by atoms with van der Waals surface area (Å²) in [5.41, 5.74) is -1.31. The van der Waals surface area contributed by atoms with Crippen LogP contribution in [0.3, 0.4) is 0 Å². The molecule has 0 radical (unpaired) electrons. The number of aliphatic hydroxyl groups excluding tert-OH is 2. The molecule has 19 heteroatoms. The number of phenolic OH excluding ortho intramolecular Hbond substituents is 1. The van der Waals surface area contributed by atoms with Crippen LogP contribution in [0.2, 0.25) is 0 Å². The highest BCUT2D eigenvalue weighted by Crippen LogP contribution is 2.42. The second-order valence-corrected chi connectivity index (χ2v) is 20.8. The molecule has 5 bridgehead atoms. The Morgan fingerprint density at radius 1 is 0.921 bits per heavy atom. The van der Waals surface area contributed by atoms with Crippen molar-refractivity contribution >= 4 is 68.0 Å². The number of rotatable bonds is 7. The number of nitrogens with one attached hydrogen (secondary N) is 1. The van der Waals surface area contributed by atoms with Gasteiger partial charge in [-0.1, -0.05) is 59.8 Å². The van der Waals surface area contributed by atoms with E-state index in [1.807, 2.05) is 0 Å². The van der Waals surface area contributed by atoms with Gasteiger partial charge >= 0.3 is 17.7 Å². The van der Waals surface area contributed by atoms with Crippen molar-refractivity contribution in [3.63, 3.8) is 0 Å². The van der Waals surface area contributed by atoms with E-state index in [1.165, 1.54) is 83.8 Å². The second kappa shape index (κ2) is 22.1. The molecule has 4 aliphatic rings. The number of hydrogen-bond donors (Lipinski definition) is 4. The van der Waals surface area contributed by atoms with E-state index < -0.39 is 99.8 Å². The largest absolute Gasteiger partial charge is 0.507 e. The average molecular weight is 1050 g/mol. The number of hydrogen-bond acceptors (Lipinski definition) is 18. The molecule has 3 aromatic carbocycles. The molecule has 6 heterocycles. The number of fused-ring (bicyclic) bond motifs is 14. The highest BCUT2D eigenvalue weighted by atomic mass is 16.7. The van der Waals surface area contributed by atoms with Gasteiger partial charge in [-0.15, -0.1) is 0 Å². The van der Waals surface area contributed by atoms with Crippen LogP contribution in [0.25, 0.3) is 38.7 Å². The van der Waals surface area contributed by atoms with E-state index in [1.54, 1.807) is 45.9 Å². The van der Waals surface area contributed by atoms with Gasteiger partial charge < -0.3 is 53.6 Å². The van der Waals surface area contributed by atoms with Gasteiger partial charge in [0.2, 0.25) is 10.9 Å². The summed E-state index contributed by atoms with van der Waals surface area (Å²) in [4.78, 5) is 83.3. The van der Waals surface area contributed by atoms with Gasteiger partial charge in [0.05, 0.1) is 34.6 Å². The number of aromatic hydroxyl groups is 1. The third kappa shape index (κ3) is 10.6. The Morgan fingerprint density at radius 3 is 2.26 bits per heavy atom. The van der Waals surface area contributed by atoms with Crippen LogP contribution in [0.5, 0.6) is 11.5 Å². The number of amides is 1. The maximum absolute atomic E-state index is 15.0. The Morgan fingerprint density at radius 2 is 1.61 bits per heavy atom. The third-order valence-electron chi connectivity index (χ3n) is 14.9. The molecule has 0 aliphatic carbocycles. The standard InChI is InChI=1S/C57H67N5O14/c1-28(2)27-61-20-22-62(23-21-61)37-25-38(64)44-40(26-37)74-53-45(59-44)41-42-48(66)33(7)52-43(41)54(68)57(10,76-52)72-24-17-39(71-11)31(5)50(73-35(9)63)34(8)51(75-56(70)36-15-18-58-19-16-36)32(6)47(65)29(3)13-12-14-30(4)55(69)60-46(53)49(42)67/h12-19,24-26,28-29,31-32,34,39,47,50-51,65-66,68H,20-23,27H2,1-11H3,(H,60,69)/b13-12+,24-17+,30-14-/t29-,31+,32+,34-,39-,47-,50+,51+,57-/m0/s1. The Hall–Kier alpha value is -7.35. The van der Waals surface area contributed by atoms with Crippen molar-refractivity contribution in [2.75, 3.05) is 50.1 Å². The van der Waals surface area contributed by atoms with E-state index >= 15 is 4.79 Å². The first-order valence-electron chi connectivity index (χ1n) is 25.6. The Balaban J connectivity index is 1.31. The summed E-state index contributed by atoms with van der Waals surface area (Å²) in [7, 11) is 1.44. The Bertz CT molecular complexity index is 3350. The molecular formula is C57H67N5O14. The molecule has 404 valence electrons. The summed E-state index contributed by atoms with van der Waals surface area (Å²) in [6, 6.07) is 6.14. The van der Waals surface area contributed by atoms with Crippen molar-refractivity contribution in [3.05, 3.63) is 110 Å². The molecule has 1 amide bonds. The number of ether oxygens (including phenoxy) is 5. The van der Waals surface area contributed by atoms with Gasteiger partial charge in [0.15, 0.2) is 22.4 Å². The van der Waals surface area contributed by atoms with E-state index in [2.05, 4.69) is 33.9 Å². The third-order valence-corrected chi connectivity index (χ3v) is 14.9. The number of aromatic nitrogens is 2. The van der Waals surface area contributed by atoms with Gasteiger partial charge in [0.25, 0.3) is 5.91 Å². The number of pyridine rings is 1. The van der Waals surface area contributed by atoms with Gasteiger partial charge in [-0.25, -0.2) is 9.78 Å². The summed E-state index contributed by atoms with van der Waals surface area (Å²) in [6.07, 6.45) is 6.26. The highest BCUT2D eigenvalue weighted by molar-refractivity contribution is 6.17. The average Bonchev–Trinajstić information content (AvgIpc) is 3.70. The van der Waals surface area contributed by atoms with Crippen molar-refractivity contribution in [2.45, 2.75) is 99.4 Å². The smallest absolute Gasteiger partial charge is 0.338 e. The van der Waals surface area contributed by atoms with Crippen LogP contribution in [0, 0.1) is 36.5 Å². The van der Waals surface area contributed by atoms with E-state index in [-0.39, 0.29) is 60.6 Å². The topological polar surface area (TPSA) is 250 Å². The lowest BCUT2D eigenvalue weighted by molar-refractivity contribution is -0.160. The minimum absolute atomic E-state index is 0.0244. The summed E-state index contributed by atoms with van der Waals surface area (Å²) < 4.78 is 37.2. The molecule has 19 nitrogen and oxygen atoms in total. The molecule has 1 fully saturated rings. The van der Waals surface area contributed by atoms with Gasteiger partial charge in [0.1, 0.15) is 34.9 Å². The lowest BCUT2D eigenvalue weighted by atomic mass is 9.78. The fraction of sp³-hybridized carbons (Fsp3) is 0.456. The number of carbonyl (C=O) groups is 3. The molecule has 76 heavy (non-hydrogen) atoms. The normalized spacial score (nSPS) is 27.5. The Kier molecular flexibility index (Phi) is 16.0. The van der Waals surface area contributed by atoms with Crippen LogP contribution in [0.1, 0.15) is 78.2 Å². The minimum Gasteiger partial charge on any atom is -0.507 e. The van der Waals surface area contributed by atoms with Gasteiger partial charge in [0, 0.05) is 124 Å². The second-order valence-electron chi connectivity index (χ2n) is 20.8. The van der Waals surface area contributed by atoms with Crippen LogP contribution in [0.15, 0.2) is 86.8 Å². The molecule has 4 aliphatic heterocycles. The van der Waals surface area contributed by atoms with Crippen LogP contribution in [-0.2, 0) is 28.5 Å². The number of methoxy groups -OCH3 is 1. The molecule has 5 aromatic rings. The first-order valence-corrected chi connectivity index (χ1v) is 25.6. The van der Waals surface area contributed by atoms with Crippen molar-refractivity contribution in [3.8, 4) is 11.5 Å². The number of aliphatic hydroxyl groups is 2. The first kappa shape index (κ1) is 54.9. The zero-order chi connectivity index (χ0) is 55.1. The molecular weight excluding hydrogens is 979 g/mol. The van der Waals surface area contributed by atoms with E-state index in [4.69, 9.17) is 33.1 Å². The van der Waals surface area contributed by atoms with E-state index in [9.17, 15) is 34.5 Å². The van der Waals surface area contributed by atoms with Gasteiger partial charge in [-0.3, -0.25) is 29.1 Å². The number of piperazine rings is 1. The monoisotopic (exact) mass is 1050 g/mol. The van der Waals surface area contributed by atoms with E-state index in [0.717, 1.165) is 19.6 Å². The lowest BCUT2D eigenvalue weighted by Gasteiger charge is -2.39. The molecule has 0 spiro atoms. The molecule has 1 saturated heterocycles. The zero-order valence-corrected chi connectivity index (χ0v) is 44.7. The molecule has 9 rings (SSSR count). The lowest BCUT2D eigenvalue weighted by Crippen LogP contribution is -2.48. The molecule has 4 N–H and O–H groups in total. The maximum atomic E-state index is 15.0. The Labute approximate surface area is 439 Å². The molecule has 0 unspecified atom stereocenters. The number of phenols is 1. The summed E-state index contributed by atoms with van der Waals surface area (Å²) in [6.45, 7) is 20.7. The van der Waals surface area contributed by atoms with Crippen molar-refractivity contribution in [1.29, 1.82) is 0 Å². The van der Waals surface area contributed by atoms with Gasteiger partial charge in [-0.2, -0.15) is 0 Å². The summed E-state index contributed by atoms with van der Waals surface area (Å²) in [5.74, 6) is -7.62. The number of anilines is 2. The van der Waals surface area contributed by atoms with Crippen LogP contribution < -0.4 is 31.0 Å². The number of benzene rings is 3. The maximum Gasteiger partial charge on any atom is 0.338 e. The van der Waals surface area contributed by atoms with Crippen molar-refractivity contribution < 1.29 is 57.8 Å². The molecule has 0 saturated carbocycles. The predicted molar refractivity (Wildman–Crippen MR) is 286 cm³/mol. The number of nitrogens with zero attached hydrogens (tertiary/aromatic N) is 4. The highest BCUT2D eigenvalue weighted by Gasteiger charge is 2.45. The zero-order valence-electron chi connectivity index (χ0n) is 44.7. The summed E-state index contributed by atoms with van der Waals surface area (Å²) in [5, 5.41) is 38.4.